The Bertz CT molecular complexity index is 438. The number of ether oxygens (including phenoxy) is 2. The number of rotatable bonds is 1. The number of carbonyl (C=O) groups is 2. The van der Waals surface area contributed by atoms with Gasteiger partial charge in [0, 0.05) is 12.4 Å². The van der Waals surface area contributed by atoms with E-state index in [-0.39, 0.29) is 0 Å². The molecule has 0 aliphatic rings. The third-order valence-corrected chi connectivity index (χ3v) is 1.95. The molecule has 0 saturated carbocycles. The van der Waals surface area contributed by atoms with Gasteiger partial charge in [-0.3, -0.25) is 4.68 Å². The van der Waals surface area contributed by atoms with E-state index in [0.717, 1.165) is 5.01 Å². The summed E-state index contributed by atoms with van der Waals surface area (Å²) in [5.74, 6) is 0. The number of hydrogen-bond acceptors (Lipinski definition) is 4. The van der Waals surface area contributed by atoms with Crippen LogP contribution < -0.4 is 5.01 Å². The minimum atomic E-state index is -0.789. The van der Waals surface area contributed by atoms with E-state index in [1.165, 1.54) is 4.68 Å². The first kappa shape index (κ1) is 16.1. The average Bonchev–Trinajstić information content (AvgIpc) is 2.64. The lowest BCUT2D eigenvalue weighted by Gasteiger charge is -2.28. The molecule has 0 saturated heterocycles. The van der Waals surface area contributed by atoms with E-state index in [1.807, 2.05) is 0 Å². The second-order valence-corrected chi connectivity index (χ2v) is 6.34. The van der Waals surface area contributed by atoms with Crippen molar-refractivity contribution >= 4 is 12.2 Å². The van der Waals surface area contributed by atoms with Gasteiger partial charge in [-0.25, -0.2) is 9.59 Å². The van der Waals surface area contributed by atoms with Gasteiger partial charge >= 0.3 is 12.2 Å². The lowest BCUT2D eigenvalue weighted by atomic mass is 10.2. The number of aromatic nitrogens is 1. The quantitative estimate of drug-likeness (QED) is 0.793. The summed E-state index contributed by atoms with van der Waals surface area (Å²) in [7, 11) is 0. The van der Waals surface area contributed by atoms with Gasteiger partial charge < -0.3 is 9.47 Å². The van der Waals surface area contributed by atoms with E-state index in [1.54, 1.807) is 66.1 Å². The molecular formula is C14H22N2O4. The van der Waals surface area contributed by atoms with Crippen LogP contribution in [-0.4, -0.2) is 28.1 Å². The molecule has 0 aliphatic heterocycles. The van der Waals surface area contributed by atoms with E-state index in [2.05, 4.69) is 0 Å². The fourth-order valence-corrected chi connectivity index (χ4v) is 1.33. The Labute approximate surface area is 119 Å². The molecule has 0 bridgehead atoms. The Morgan fingerprint density at radius 2 is 1.20 bits per heavy atom. The monoisotopic (exact) mass is 282 g/mol. The topological polar surface area (TPSA) is 60.8 Å². The summed E-state index contributed by atoms with van der Waals surface area (Å²) in [5, 5.41) is 0.816. The molecule has 0 atom stereocenters. The number of amides is 2. The summed E-state index contributed by atoms with van der Waals surface area (Å²) >= 11 is 0. The third kappa shape index (κ3) is 4.95. The smallest absolute Gasteiger partial charge is 0.439 e. The maximum atomic E-state index is 12.2. The van der Waals surface area contributed by atoms with Gasteiger partial charge in [-0.15, -0.1) is 5.01 Å². The molecule has 0 spiro atoms. The summed E-state index contributed by atoms with van der Waals surface area (Å²) in [6.07, 6.45) is 1.55. The highest BCUT2D eigenvalue weighted by atomic mass is 16.6. The number of nitrogens with zero attached hydrogens (tertiary/aromatic N) is 2. The lowest BCUT2D eigenvalue weighted by Crippen LogP contribution is -2.49. The van der Waals surface area contributed by atoms with Crippen LogP contribution in [0.4, 0.5) is 9.59 Å². The largest absolute Gasteiger partial charge is 0.442 e. The van der Waals surface area contributed by atoms with Crippen molar-refractivity contribution in [3.05, 3.63) is 24.5 Å². The van der Waals surface area contributed by atoms with Crippen molar-refractivity contribution in [1.82, 2.24) is 4.68 Å². The Kier molecular flexibility index (Phi) is 4.47. The summed E-state index contributed by atoms with van der Waals surface area (Å²) < 4.78 is 11.8. The van der Waals surface area contributed by atoms with Crippen LogP contribution >= 0.6 is 0 Å². The van der Waals surface area contributed by atoms with Crippen molar-refractivity contribution in [3.63, 3.8) is 0 Å². The maximum Gasteiger partial charge on any atom is 0.439 e. The normalized spacial score (nSPS) is 11.9. The molecule has 0 unspecified atom stereocenters. The molecule has 0 N–H and O–H groups in total. The van der Waals surface area contributed by atoms with Gasteiger partial charge in [0.2, 0.25) is 0 Å². The molecule has 2 amide bonds. The molecule has 1 aromatic heterocycles. The highest BCUT2D eigenvalue weighted by molar-refractivity contribution is 6.02. The third-order valence-electron chi connectivity index (χ3n) is 1.95. The van der Waals surface area contributed by atoms with Crippen LogP contribution in [-0.2, 0) is 9.47 Å². The highest BCUT2D eigenvalue weighted by Gasteiger charge is 2.32. The molecule has 0 radical (unpaired) electrons. The SMILES string of the molecule is CC(C)(C)OC(=O)N(C(=O)OC(C)(C)C)n1cccc1. The van der Waals surface area contributed by atoms with E-state index < -0.39 is 23.4 Å². The molecule has 112 valence electrons. The van der Waals surface area contributed by atoms with Crippen LogP contribution in [0, 0.1) is 0 Å². The molecule has 6 nitrogen and oxygen atoms in total. The van der Waals surface area contributed by atoms with Gasteiger partial charge in [0.25, 0.3) is 0 Å². The van der Waals surface area contributed by atoms with Crippen LogP contribution in [0.25, 0.3) is 0 Å². The van der Waals surface area contributed by atoms with Gasteiger partial charge in [0.15, 0.2) is 0 Å². The lowest BCUT2D eigenvalue weighted by molar-refractivity contribution is 0.0370. The van der Waals surface area contributed by atoms with E-state index in [9.17, 15) is 9.59 Å². The van der Waals surface area contributed by atoms with Crippen LogP contribution in [0.15, 0.2) is 24.5 Å². The van der Waals surface area contributed by atoms with Crippen LogP contribution in [0.3, 0.4) is 0 Å². The summed E-state index contributed by atoms with van der Waals surface area (Å²) in [6.45, 7) is 10.4. The van der Waals surface area contributed by atoms with Gasteiger partial charge in [0.05, 0.1) is 0 Å². The average molecular weight is 282 g/mol. The predicted molar refractivity (Wildman–Crippen MR) is 75.1 cm³/mol. The van der Waals surface area contributed by atoms with Crippen LogP contribution in [0.2, 0.25) is 0 Å². The zero-order chi connectivity index (χ0) is 15.6. The maximum absolute atomic E-state index is 12.2. The number of hydrogen-bond donors (Lipinski definition) is 0. The van der Waals surface area contributed by atoms with Gasteiger partial charge in [-0.05, 0) is 53.7 Å². The molecule has 6 heteroatoms. The van der Waals surface area contributed by atoms with E-state index in [4.69, 9.17) is 9.47 Å². The Morgan fingerprint density at radius 1 is 0.850 bits per heavy atom. The number of carbonyl (C=O) groups excluding carboxylic acids is 2. The van der Waals surface area contributed by atoms with E-state index >= 15 is 0 Å². The second-order valence-electron chi connectivity index (χ2n) is 6.34. The molecular weight excluding hydrogens is 260 g/mol. The minimum Gasteiger partial charge on any atom is -0.442 e. The van der Waals surface area contributed by atoms with Crippen LogP contribution in [0.5, 0.6) is 0 Å². The van der Waals surface area contributed by atoms with Gasteiger partial charge in [0.1, 0.15) is 11.2 Å². The van der Waals surface area contributed by atoms with Crippen molar-refractivity contribution in [2.75, 3.05) is 5.01 Å². The Balaban J connectivity index is 2.98. The standard InChI is InChI=1S/C14H22N2O4/c1-13(2,3)19-11(17)16(15-9-7-8-10-15)12(18)20-14(4,5)6/h7-10H,1-6H3. The fraction of sp³-hybridized carbons (Fsp3) is 0.571. The molecule has 1 heterocycles. The zero-order valence-corrected chi connectivity index (χ0v) is 12.8. The van der Waals surface area contributed by atoms with E-state index in [0.29, 0.717) is 0 Å². The highest BCUT2D eigenvalue weighted by Crippen LogP contribution is 2.14. The van der Waals surface area contributed by atoms with Crippen LogP contribution in [0.1, 0.15) is 41.5 Å². The molecule has 20 heavy (non-hydrogen) atoms. The van der Waals surface area contributed by atoms with Crippen molar-refractivity contribution in [2.45, 2.75) is 52.7 Å². The zero-order valence-electron chi connectivity index (χ0n) is 12.8. The van der Waals surface area contributed by atoms with Gasteiger partial charge in [-0.2, -0.15) is 0 Å². The first-order valence-corrected chi connectivity index (χ1v) is 6.39. The summed E-state index contributed by atoms with van der Waals surface area (Å²) in [5.41, 5.74) is -1.41. The van der Waals surface area contributed by atoms with Crippen molar-refractivity contribution in [3.8, 4) is 0 Å². The minimum absolute atomic E-state index is 0.704. The summed E-state index contributed by atoms with van der Waals surface area (Å²) in [6, 6.07) is 3.39. The van der Waals surface area contributed by atoms with Gasteiger partial charge in [-0.1, -0.05) is 0 Å². The number of imide groups is 1. The molecule has 1 aromatic rings. The summed E-state index contributed by atoms with van der Waals surface area (Å²) in [4.78, 5) is 24.3. The molecule has 0 aromatic carbocycles. The molecule has 1 rings (SSSR count). The van der Waals surface area contributed by atoms with Crippen molar-refractivity contribution in [1.29, 1.82) is 0 Å². The fourth-order valence-electron chi connectivity index (χ4n) is 1.33. The molecule has 0 aliphatic carbocycles. The first-order valence-electron chi connectivity index (χ1n) is 6.39. The van der Waals surface area contributed by atoms with Crippen molar-refractivity contribution < 1.29 is 19.1 Å². The first-order chi connectivity index (χ1) is 8.99. The second kappa shape index (κ2) is 5.56. The predicted octanol–water partition coefficient (Wildman–Crippen LogP) is 3.30. The van der Waals surface area contributed by atoms with Crippen molar-refractivity contribution in [2.24, 2.45) is 0 Å². The Hall–Kier alpha value is -1.98. The molecule has 0 fully saturated rings. The Morgan fingerprint density at radius 3 is 1.50 bits per heavy atom.